The molecule has 116 valence electrons. The summed E-state index contributed by atoms with van der Waals surface area (Å²) in [5, 5.41) is 0. The quantitative estimate of drug-likeness (QED) is 0.779. The molecule has 1 aromatic carbocycles. The van der Waals surface area contributed by atoms with Crippen molar-refractivity contribution in [2.75, 3.05) is 0 Å². The molecule has 0 spiro atoms. The second-order valence-electron chi connectivity index (χ2n) is 6.04. The summed E-state index contributed by atoms with van der Waals surface area (Å²) in [6, 6.07) is 3.51. The maximum Gasteiger partial charge on any atom is 0.573 e. The van der Waals surface area contributed by atoms with Crippen LogP contribution in [0.4, 0.5) is 13.2 Å². The van der Waals surface area contributed by atoms with E-state index in [-0.39, 0.29) is 17.6 Å². The predicted molar refractivity (Wildman–Crippen MR) is 72.6 cm³/mol. The van der Waals surface area contributed by atoms with Crippen LogP contribution < -0.4 is 9.47 Å². The maximum absolute atomic E-state index is 12.7. The summed E-state index contributed by atoms with van der Waals surface area (Å²) in [5.41, 5.74) is 1.48. The van der Waals surface area contributed by atoms with E-state index in [1.165, 1.54) is 0 Å². The fourth-order valence-electron chi connectivity index (χ4n) is 2.57. The van der Waals surface area contributed by atoms with Crippen molar-refractivity contribution in [2.45, 2.75) is 57.9 Å². The van der Waals surface area contributed by atoms with E-state index in [4.69, 9.17) is 4.74 Å². The van der Waals surface area contributed by atoms with Gasteiger partial charge in [-0.15, -0.1) is 13.2 Å². The zero-order chi connectivity index (χ0) is 15.0. The molecule has 0 aromatic heterocycles. The van der Waals surface area contributed by atoms with Crippen LogP contribution in [0.1, 0.15) is 43.2 Å². The largest absolute Gasteiger partial charge is 0.573 e. The molecule has 1 aromatic rings. The minimum Gasteiger partial charge on any atom is -0.487 e. The predicted octanol–water partition coefficient (Wildman–Crippen LogP) is 4.78. The van der Waals surface area contributed by atoms with Gasteiger partial charge in [0.2, 0.25) is 0 Å². The summed E-state index contributed by atoms with van der Waals surface area (Å²) < 4.78 is 47.9. The highest BCUT2D eigenvalue weighted by molar-refractivity contribution is 5.50. The molecule has 2 aliphatic carbocycles. The Morgan fingerprint density at radius 1 is 1.14 bits per heavy atom. The zero-order valence-electron chi connectivity index (χ0n) is 12.0. The standard InChI is InChI=1S/C16H19F3O2/c1-10-12(9-11-5-6-11)7-8-14(20-13-3-2-4-13)15(10)21-16(17,18)19/h7-8,11,13H,2-6,9H2,1H3. The van der Waals surface area contributed by atoms with Gasteiger partial charge in [-0.1, -0.05) is 6.07 Å². The summed E-state index contributed by atoms with van der Waals surface area (Å²) in [5.74, 6) is 0.669. The van der Waals surface area contributed by atoms with Crippen LogP contribution >= 0.6 is 0 Å². The Labute approximate surface area is 122 Å². The van der Waals surface area contributed by atoms with E-state index in [2.05, 4.69) is 4.74 Å². The number of halogens is 3. The normalized spacial score (nSPS) is 19.2. The summed E-state index contributed by atoms with van der Waals surface area (Å²) >= 11 is 0. The molecular weight excluding hydrogens is 281 g/mol. The van der Waals surface area contributed by atoms with Gasteiger partial charge < -0.3 is 9.47 Å². The Kier molecular flexibility index (Phi) is 3.76. The van der Waals surface area contributed by atoms with Crippen LogP contribution in [0.5, 0.6) is 11.5 Å². The Morgan fingerprint density at radius 2 is 1.86 bits per heavy atom. The molecule has 0 bridgehead atoms. The number of hydrogen-bond acceptors (Lipinski definition) is 2. The maximum atomic E-state index is 12.7. The van der Waals surface area contributed by atoms with Crippen LogP contribution in [0.25, 0.3) is 0 Å². The minimum atomic E-state index is -4.69. The van der Waals surface area contributed by atoms with Crippen LogP contribution in [0.2, 0.25) is 0 Å². The van der Waals surface area contributed by atoms with Gasteiger partial charge >= 0.3 is 6.36 Å². The van der Waals surface area contributed by atoms with Gasteiger partial charge in [-0.3, -0.25) is 0 Å². The Hall–Kier alpha value is -1.39. The van der Waals surface area contributed by atoms with Crippen LogP contribution in [0.15, 0.2) is 12.1 Å². The molecule has 0 radical (unpaired) electrons. The average Bonchev–Trinajstić information content (AvgIpc) is 3.13. The molecule has 0 N–H and O–H groups in total. The van der Waals surface area contributed by atoms with Gasteiger partial charge in [-0.25, -0.2) is 0 Å². The van der Waals surface area contributed by atoms with Crippen LogP contribution in [0.3, 0.4) is 0 Å². The molecule has 0 aliphatic heterocycles. The smallest absolute Gasteiger partial charge is 0.487 e. The lowest BCUT2D eigenvalue weighted by molar-refractivity contribution is -0.275. The van der Waals surface area contributed by atoms with Gasteiger partial charge in [-0.05, 0) is 68.6 Å². The summed E-state index contributed by atoms with van der Waals surface area (Å²) in [6.07, 6.45) is 1.34. The van der Waals surface area contributed by atoms with E-state index in [1.54, 1.807) is 13.0 Å². The first-order valence-electron chi connectivity index (χ1n) is 7.47. The van der Waals surface area contributed by atoms with Gasteiger partial charge in [0, 0.05) is 0 Å². The molecule has 0 heterocycles. The lowest BCUT2D eigenvalue weighted by Crippen LogP contribution is -2.26. The molecule has 0 atom stereocenters. The average molecular weight is 300 g/mol. The molecular formula is C16H19F3O2. The van der Waals surface area contributed by atoms with E-state index in [9.17, 15) is 13.2 Å². The monoisotopic (exact) mass is 300 g/mol. The summed E-state index contributed by atoms with van der Waals surface area (Å²) in [4.78, 5) is 0. The lowest BCUT2D eigenvalue weighted by atomic mass is 9.96. The molecule has 2 fully saturated rings. The van der Waals surface area contributed by atoms with Crippen molar-refractivity contribution < 1.29 is 22.6 Å². The van der Waals surface area contributed by atoms with Crippen molar-refractivity contribution in [3.8, 4) is 11.5 Å². The third-order valence-electron chi connectivity index (χ3n) is 4.25. The molecule has 0 amide bonds. The van der Waals surface area contributed by atoms with Crippen molar-refractivity contribution in [1.82, 2.24) is 0 Å². The number of rotatable bonds is 5. The Bertz CT molecular complexity index is 517. The zero-order valence-corrected chi connectivity index (χ0v) is 12.0. The topological polar surface area (TPSA) is 18.5 Å². The van der Waals surface area contributed by atoms with Crippen LogP contribution in [0, 0.1) is 12.8 Å². The Balaban J connectivity index is 1.87. The van der Waals surface area contributed by atoms with E-state index < -0.39 is 6.36 Å². The SMILES string of the molecule is Cc1c(CC2CC2)ccc(OC2CCC2)c1OC(F)(F)F. The fourth-order valence-corrected chi connectivity index (χ4v) is 2.57. The molecule has 3 rings (SSSR count). The third-order valence-corrected chi connectivity index (χ3v) is 4.25. The van der Waals surface area contributed by atoms with Gasteiger partial charge in [0.25, 0.3) is 0 Å². The first-order valence-corrected chi connectivity index (χ1v) is 7.47. The second kappa shape index (κ2) is 5.43. The molecule has 0 unspecified atom stereocenters. The van der Waals surface area contributed by atoms with Crippen molar-refractivity contribution in [3.63, 3.8) is 0 Å². The molecule has 2 saturated carbocycles. The van der Waals surface area contributed by atoms with Crippen LogP contribution in [-0.2, 0) is 6.42 Å². The highest BCUT2D eigenvalue weighted by Gasteiger charge is 2.35. The fraction of sp³-hybridized carbons (Fsp3) is 0.625. The molecule has 21 heavy (non-hydrogen) atoms. The lowest BCUT2D eigenvalue weighted by Gasteiger charge is -2.28. The van der Waals surface area contributed by atoms with Crippen LogP contribution in [-0.4, -0.2) is 12.5 Å². The third kappa shape index (κ3) is 3.63. The van der Waals surface area contributed by atoms with E-state index >= 15 is 0 Å². The van der Waals surface area contributed by atoms with E-state index in [1.807, 2.05) is 6.07 Å². The van der Waals surface area contributed by atoms with E-state index in [0.717, 1.165) is 44.1 Å². The first kappa shape index (κ1) is 14.5. The number of benzene rings is 1. The van der Waals surface area contributed by atoms with E-state index in [0.29, 0.717) is 11.5 Å². The number of ether oxygens (including phenoxy) is 2. The van der Waals surface area contributed by atoms with Gasteiger partial charge in [0.05, 0.1) is 6.10 Å². The molecule has 2 nitrogen and oxygen atoms in total. The number of hydrogen-bond donors (Lipinski definition) is 0. The highest BCUT2D eigenvalue weighted by atomic mass is 19.4. The van der Waals surface area contributed by atoms with Crippen molar-refractivity contribution in [2.24, 2.45) is 5.92 Å². The van der Waals surface area contributed by atoms with Crippen molar-refractivity contribution in [3.05, 3.63) is 23.3 Å². The molecule has 2 aliphatic rings. The first-order chi connectivity index (χ1) is 9.92. The molecule has 5 heteroatoms. The van der Waals surface area contributed by atoms with Crippen molar-refractivity contribution in [1.29, 1.82) is 0 Å². The minimum absolute atomic E-state index is 0.0225. The summed E-state index contributed by atoms with van der Waals surface area (Å²) in [7, 11) is 0. The van der Waals surface area contributed by atoms with Crippen molar-refractivity contribution >= 4 is 0 Å². The second-order valence-corrected chi connectivity index (χ2v) is 6.04. The van der Waals surface area contributed by atoms with Gasteiger partial charge in [-0.2, -0.15) is 0 Å². The summed E-state index contributed by atoms with van der Waals surface area (Å²) in [6.45, 7) is 1.69. The highest BCUT2D eigenvalue weighted by Crippen LogP contribution is 2.41. The van der Waals surface area contributed by atoms with Gasteiger partial charge in [0.15, 0.2) is 11.5 Å². The Morgan fingerprint density at radius 3 is 2.38 bits per heavy atom. The molecule has 0 saturated heterocycles. The van der Waals surface area contributed by atoms with Gasteiger partial charge in [0.1, 0.15) is 0 Å². The number of alkyl halides is 3.